The van der Waals surface area contributed by atoms with Crippen LogP contribution in [0.4, 0.5) is 11.5 Å². The third-order valence-corrected chi connectivity index (χ3v) is 3.24. The molecular weight excluding hydrogens is 272 g/mol. The van der Waals surface area contributed by atoms with Crippen LogP contribution in [0.3, 0.4) is 0 Å². The van der Waals surface area contributed by atoms with Crippen molar-refractivity contribution in [3.8, 4) is 5.82 Å². The molecule has 0 amide bonds. The molecule has 0 aromatic carbocycles. The van der Waals surface area contributed by atoms with Crippen LogP contribution >= 0.6 is 0 Å². The van der Waals surface area contributed by atoms with Crippen LogP contribution in [0.15, 0.2) is 12.4 Å². The molecule has 0 saturated carbocycles. The SMILES string of the molecule is CCN(CC)c1ncnc(-n2nc(C)cc2C)c1[N+](=O)[O-]. The molecule has 0 atom stereocenters. The van der Waals surface area contributed by atoms with Crippen molar-refractivity contribution in [2.45, 2.75) is 27.7 Å². The fraction of sp³-hybridized carbons (Fsp3) is 0.462. The number of anilines is 1. The largest absolute Gasteiger partial charge is 0.355 e. The number of rotatable bonds is 5. The summed E-state index contributed by atoms with van der Waals surface area (Å²) in [4.78, 5) is 21.1. The number of hydrogen-bond acceptors (Lipinski definition) is 6. The van der Waals surface area contributed by atoms with Gasteiger partial charge in [0.2, 0.25) is 11.6 Å². The van der Waals surface area contributed by atoms with Gasteiger partial charge in [-0.1, -0.05) is 0 Å². The van der Waals surface area contributed by atoms with E-state index in [0.29, 0.717) is 18.9 Å². The lowest BCUT2D eigenvalue weighted by molar-refractivity contribution is -0.384. The molecule has 21 heavy (non-hydrogen) atoms. The molecule has 2 rings (SSSR count). The van der Waals surface area contributed by atoms with E-state index in [0.717, 1.165) is 11.4 Å². The summed E-state index contributed by atoms with van der Waals surface area (Å²) in [6.07, 6.45) is 1.34. The van der Waals surface area contributed by atoms with Crippen molar-refractivity contribution in [1.29, 1.82) is 0 Å². The van der Waals surface area contributed by atoms with E-state index in [9.17, 15) is 10.1 Å². The summed E-state index contributed by atoms with van der Waals surface area (Å²) in [7, 11) is 0. The zero-order valence-electron chi connectivity index (χ0n) is 12.6. The highest BCUT2D eigenvalue weighted by Crippen LogP contribution is 2.30. The van der Waals surface area contributed by atoms with Gasteiger partial charge in [-0.15, -0.1) is 0 Å². The highest BCUT2D eigenvalue weighted by Gasteiger charge is 2.28. The van der Waals surface area contributed by atoms with Gasteiger partial charge in [0.05, 0.1) is 10.6 Å². The van der Waals surface area contributed by atoms with Gasteiger partial charge in [0.1, 0.15) is 6.33 Å². The Balaban J connectivity index is 2.70. The molecule has 8 heteroatoms. The van der Waals surface area contributed by atoms with E-state index < -0.39 is 4.92 Å². The average Bonchev–Trinajstić information content (AvgIpc) is 2.78. The molecule has 0 radical (unpaired) electrons. The lowest BCUT2D eigenvalue weighted by Gasteiger charge is -2.19. The van der Waals surface area contributed by atoms with E-state index in [4.69, 9.17) is 0 Å². The minimum absolute atomic E-state index is 0.118. The zero-order chi connectivity index (χ0) is 15.6. The maximum Gasteiger partial charge on any atom is 0.355 e. The van der Waals surface area contributed by atoms with E-state index in [1.165, 1.54) is 11.0 Å². The van der Waals surface area contributed by atoms with E-state index in [1.54, 1.807) is 0 Å². The third kappa shape index (κ3) is 2.69. The molecule has 8 nitrogen and oxygen atoms in total. The van der Waals surface area contributed by atoms with Crippen LogP contribution in [0.1, 0.15) is 25.2 Å². The standard InChI is InChI=1S/C13H18N6O2/c1-5-17(6-2)12-11(19(20)21)13(15-8-14-12)18-10(4)7-9(3)16-18/h7-8H,5-6H2,1-4H3. The van der Waals surface area contributed by atoms with E-state index in [-0.39, 0.29) is 11.5 Å². The molecule has 2 heterocycles. The maximum absolute atomic E-state index is 11.5. The molecule has 112 valence electrons. The molecule has 2 aromatic rings. The Morgan fingerprint density at radius 2 is 1.95 bits per heavy atom. The molecule has 0 aliphatic rings. The number of hydrogen-bond donors (Lipinski definition) is 0. The molecule has 0 aliphatic carbocycles. The van der Waals surface area contributed by atoms with Crippen LogP contribution < -0.4 is 4.90 Å². The van der Waals surface area contributed by atoms with Crippen molar-refractivity contribution in [2.75, 3.05) is 18.0 Å². The van der Waals surface area contributed by atoms with Gasteiger partial charge in [-0.25, -0.2) is 14.6 Å². The Labute approximate surface area is 122 Å². The second-order valence-corrected chi connectivity index (χ2v) is 4.64. The summed E-state index contributed by atoms with van der Waals surface area (Å²) in [5.41, 5.74) is 1.46. The summed E-state index contributed by atoms with van der Waals surface area (Å²) >= 11 is 0. The van der Waals surface area contributed by atoms with Crippen LogP contribution in [0, 0.1) is 24.0 Å². The van der Waals surface area contributed by atoms with Crippen LogP contribution in [0.5, 0.6) is 0 Å². The summed E-state index contributed by atoms with van der Waals surface area (Å²) < 4.78 is 1.49. The van der Waals surface area contributed by atoms with Gasteiger partial charge >= 0.3 is 5.69 Å². The predicted molar refractivity (Wildman–Crippen MR) is 78.8 cm³/mol. The Hall–Kier alpha value is -2.51. The monoisotopic (exact) mass is 290 g/mol. The van der Waals surface area contributed by atoms with Gasteiger partial charge in [-0.2, -0.15) is 5.10 Å². The highest BCUT2D eigenvalue weighted by molar-refractivity contribution is 5.65. The Kier molecular flexibility index (Phi) is 4.15. The molecule has 0 fully saturated rings. The molecule has 0 aliphatic heterocycles. The first-order valence-corrected chi connectivity index (χ1v) is 6.77. The molecule has 0 bridgehead atoms. The summed E-state index contributed by atoms with van der Waals surface area (Å²) in [6.45, 7) is 8.79. The lowest BCUT2D eigenvalue weighted by Crippen LogP contribution is -2.25. The number of aromatic nitrogens is 4. The maximum atomic E-state index is 11.5. The van der Waals surface area contributed by atoms with Crippen LogP contribution in [0.2, 0.25) is 0 Å². The van der Waals surface area contributed by atoms with Crippen molar-refractivity contribution < 1.29 is 4.92 Å². The molecule has 0 saturated heterocycles. The van der Waals surface area contributed by atoms with Crippen molar-refractivity contribution in [1.82, 2.24) is 19.7 Å². The Morgan fingerprint density at radius 1 is 1.29 bits per heavy atom. The first kappa shape index (κ1) is 14.9. The van der Waals surface area contributed by atoms with Crippen molar-refractivity contribution >= 4 is 11.5 Å². The van der Waals surface area contributed by atoms with Gasteiger partial charge in [0.25, 0.3) is 0 Å². The van der Waals surface area contributed by atoms with Gasteiger partial charge < -0.3 is 4.90 Å². The lowest BCUT2D eigenvalue weighted by atomic mass is 10.3. The fourth-order valence-corrected chi connectivity index (χ4v) is 2.28. The Bertz CT molecular complexity index is 663. The molecule has 0 unspecified atom stereocenters. The normalized spacial score (nSPS) is 10.7. The summed E-state index contributed by atoms with van der Waals surface area (Å²) in [5, 5.41) is 15.8. The third-order valence-electron chi connectivity index (χ3n) is 3.24. The minimum Gasteiger partial charge on any atom is -0.351 e. The second-order valence-electron chi connectivity index (χ2n) is 4.64. The number of aryl methyl sites for hydroxylation is 2. The van der Waals surface area contributed by atoms with Gasteiger partial charge in [0.15, 0.2) is 0 Å². The van der Waals surface area contributed by atoms with Crippen molar-refractivity contribution in [3.05, 3.63) is 33.9 Å². The predicted octanol–water partition coefficient (Wildman–Crippen LogP) is 2.03. The number of nitrogens with zero attached hydrogens (tertiary/aromatic N) is 6. The second kappa shape index (κ2) is 5.86. The van der Waals surface area contributed by atoms with Crippen molar-refractivity contribution in [3.63, 3.8) is 0 Å². The Morgan fingerprint density at radius 3 is 2.43 bits per heavy atom. The average molecular weight is 290 g/mol. The molecule has 2 aromatic heterocycles. The smallest absolute Gasteiger partial charge is 0.351 e. The van der Waals surface area contributed by atoms with Gasteiger partial charge in [0, 0.05) is 18.8 Å². The van der Waals surface area contributed by atoms with Crippen LogP contribution in [-0.4, -0.2) is 37.8 Å². The quantitative estimate of drug-likeness (QED) is 0.618. The van der Waals surface area contributed by atoms with Gasteiger partial charge in [-0.3, -0.25) is 10.1 Å². The van der Waals surface area contributed by atoms with E-state index in [1.807, 2.05) is 38.7 Å². The van der Waals surface area contributed by atoms with E-state index in [2.05, 4.69) is 15.1 Å². The minimum atomic E-state index is -0.445. The zero-order valence-corrected chi connectivity index (χ0v) is 12.6. The van der Waals surface area contributed by atoms with E-state index >= 15 is 0 Å². The molecule has 0 N–H and O–H groups in total. The van der Waals surface area contributed by atoms with Gasteiger partial charge in [-0.05, 0) is 33.8 Å². The fourth-order valence-electron chi connectivity index (χ4n) is 2.28. The first-order chi connectivity index (χ1) is 9.99. The molecular formula is C13H18N6O2. The summed E-state index contributed by atoms with van der Waals surface area (Å²) in [5.74, 6) is 0.519. The first-order valence-electron chi connectivity index (χ1n) is 6.77. The van der Waals surface area contributed by atoms with Crippen molar-refractivity contribution in [2.24, 2.45) is 0 Å². The van der Waals surface area contributed by atoms with Crippen LogP contribution in [-0.2, 0) is 0 Å². The van der Waals surface area contributed by atoms with Crippen LogP contribution in [0.25, 0.3) is 5.82 Å². The number of nitro groups is 1. The highest BCUT2D eigenvalue weighted by atomic mass is 16.6. The summed E-state index contributed by atoms with van der Waals surface area (Å²) in [6, 6.07) is 1.85. The molecule has 0 spiro atoms. The topological polar surface area (TPSA) is 90.0 Å².